The molecule has 0 atom stereocenters. The van der Waals surface area contributed by atoms with Crippen LogP contribution in [0, 0.1) is 0 Å². The predicted molar refractivity (Wildman–Crippen MR) is 64.7 cm³/mol. The Kier molecular flexibility index (Phi) is 4.77. The average Bonchev–Trinajstić information content (AvgIpc) is 2.24. The van der Waals surface area contributed by atoms with E-state index >= 15 is 0 Å². The minimum Gasteiger partial charge on any atom is -0.492 e. The summed E-state index contributed by atoms with van der Waals surface area (Å²) in [5.41, 5.74) is 0.967. The lowest BCUT2D eigenvalue weighted by molar-refractivity contribution is -0.107. The molecule has 0 radical (unpaired) electrons. The minimum atomic E-state index is 0.145. The van der Waals surface area contributed by atoms with Crippen LogP contribution in [0.25, 0.3) is 5.76 Å². The number of aldehydes is 1. The number of carbonyl (C=O) groups excluding carboxylic acids is 1. The molecule has 0 N–H and O–H groups in total. The normalized spacial score (nSPS) is 9.94. The maximum Gasteiger partial charge on any atom is 0.139 e. The quantitative estimate of drug-likeness (QED) is 0.603. The average molecular weight is 260 g/mol. The zero-order valence-corrected chi connectivity index (χ0v) is 10.3. The van der Waals surface area contributed by atoms with Crippen LogP contribution in [0.3, 0.4) is 0 Å². The Morgan fingerprint density at radius 1 is 1.62 bits per heavy atom. The van der Waals surface area contributed by atoms with Crippen molar-refractivity contribution < 1.29 is 9.53 Å². The molecule has 0 aromatic carbocycles. The van der Waals surface area contributed by atoms with Gasteiger partial charge in [0.1, 0.15) is 17.7 Å². The maximum absolute atomic E-state index is 10.5. The van der Waals surface area contributed by atoms with Gasteiger partial charge in [0.15, 0.2) is 0 Å². The molecule has 0 aliphatic rings. The third-order valence-electron chi connectivity index (χ3n) is 1.94. The fraction of sp³-hybridized carbons (Fsp3) is 0.273. The van der Waals surface area contributed by atoms with Crippen LogP contribution in [-0.4, -0.2) is 17.9 Å². The molecule has 0 bridgehead atoms. The number of carbonyl (C=O) groups is 1. The molecular weight excluding hydrogens is 249 g/mol. The highest BCUT2D eigenvalue weighted by atomic mass is 35.5. The summed E-state index contributed by atoms with van der Waals surface area (Å²) in [6.07, 6.45) is 2.32. The van der Waals surface area contributed by atoms with Crippen LogP contribution in [0.1, 0.15) is 18.2 Å². The first-order valence-corrected chi connectivity index (χ1v) is 5.46. The fourth-order valence-corrected chi connectivity index (χ4v) is 1.81. The number of rotatable bonds is 5. The lowest BCUT2D eigenvalue weighted by atomic mass is 10.1. The molecule has 1 aromatic heterocycles. The van der Waals surface area contributed by atoms with Crippen LogP contribution >= 0.6 is 23.2 Å². The van der Waals surface area contributed by atoms with E-state index < -0.39 is 0 Å². The molecule has 16 heavy (non-hydrogen) atoms. The number of halogens is 2. The summed E-state index contributed by atoms with van der Waals surface area (Å²) in [7, 11) is 0. The van der Waals surface area contributed by atoms with E-state index in [9.17, 15) is 4.79 Å². The number of hydrogen-bond acceptors (Lipinski definition) is 3. The Morgan fingerprint density at radius 2 is 2.31 bits per heavy atom. The van der Waals surface area contributed by atoms with Gasteiger partial charge >= 0.3 is 0 Å². The van der Waals surface area contributed by atoms with Gasteiger partial charge in [-0.1, -0.05) is 29.8 Å². The topological polar surface area (TPSA) is 39.2 Å². The van der Waals surface area contributed by atoms with Gasteiger partial charge in [-0.15, -0.1) is 0 Å². The van der Waals surface area contributed by atoms with Gasteiger partial charge in [-0.05, 0) is 6.92 Å². The first kappa shape index (κ1) is 13.0. The fourth-order valence-electron chi connectivity index (χ4n) is 1.21. The Hall–Kier alpha value is -1.06. The summed E-state index contributed by atoms with van der Waals surface area (Å²) in [5.74, 6) is 0.372. The van der Waals surface area contributed by atoms with Gasteiger partial charge in [-0.3, -0.25) is 0 Å². The standard InChI is InChI=1S/C11H11Cl2NO2/c1-3-16-7(2)11-10(13)8(4-5-15)9(12)6-14-11/h5-6H,2-4H2,1H3. The molecule has 0 unspecified atom stereocenters. The predicted octanol–water partition coefficient (Wildman–Crippen LogP) is 3.14. The highest BCUT2D eigenvalue weighted by Crippen LogP contribution is 2.30. The van der Waals surface area contributed by atoms with Crippen LogP contribution in [0.5, 0.6) is 0 Å². The molecule has 1 heterocycles. The van der Waals surface area contributed by atoms with Gasteiger partial charge < -0.3 is 9.53 Å². The number of nitrogens with zero attached hydrogens (tertiary/aromatic N) is 1. The van der Waals surface area contributed by atoms with E-state index in [1.165, 1.54) is 6.20 Å². The molecule has 0 fully saturated rings. The van der Waals surface area contributed by atoms with Crippen molar-refractivity contribution >= 4 is 35.2 Å². The zero-order valence-electron chi connectivity index (χ0n) is 8.80. The summed E-state index contributed by atoms with van der Waals surface area (Å²) >= 11 is 12.0. The smallest absolute Gasteiger partial charge is 0.139 e. The van der Waals surface area contributed by atoms with Crippen molar-refractivity contribution in [2.45, 2.75) is 13.3 Å². The van der Waals surface area contributed by atoms with Gasteiger partial charge in [-0.25, -0.2) is 4.98 Å². The number of pyridine rings is 1. The van der Waals surface area contributed by atoms with Crippen LogP contribution in [0.2, 0.25) is 10.0 Å². The van der Waals surface area contributed by atoms with E-state index in [2.05, 4.69) is 11.6 Å². The number of aromatic nitrogens is 1. The second kappa shape index (κ2) is 5.87. The summed E-state index contributed by atoms with van der Waals surface area (Å²) in [5, 5.41) is 0.684. The number of hydrogen-bond donors (Lipinski definition) is 0. The highest BCUT2D eigenvalue weighted by Gasteiger charge is 2.14. The van der Waals surface area contributed by atoms with Crippen molar-refractivity contribution in [1.29, 1.82) is 0 Å². The molecule has 0 aliphatic carbocycles. The minimum absolute atomic E-state index is 0.145. The summed E-state index contributed by atoms with van der Waals surface area (Å²) in [6.45, 7) is 6.02. The van der Waals surface area contributed by atoms with E-state index in [-0.39, 0.29) is 6.42 Å². The largest absolute Gasteiger partial charge is 0.492 e. The van der Waals surface area contributed by atoms with Crippen molar-refractivity contribution in [3.8, 4) is 0 Å². The maximum atomic E-state index is 10.5. The molecule has 0 spiro atoms. The molecular formula is C11H11Cl2NO2. The van der Waals surface area contributed by atoms with Crippen molar-refractivity contribution in [3.05, 3.63) is 34.1 Å². The van der Waals surface area contributed by atoms with Crippen LogP contribution < -0.4 is 0 Å². The molecule has 3 nitrogen and oxygen atoms in total. The van der Waals surface area contributed by atoms with E-state index in [0.717, 1.165) is 6.29 Å². The molecule has 0 saturated carbocycles. The second-order valence-corrected chi connectivity index (χ2v) is 3.76. The van der Waals surface area contributed by atoms with Gasteiger partial charge in [0.25, 0.3) is 0 Å². The monoisotopic (exact) mass is 259 g/mol. The zero-order chi connectivity index (χ0) is 12.1. The van der Waals surface area contributed by atoms with E-state index in [1.54, 1.807) is 0 Å². The summed E-state index contributed by atoms with van der Waals surface area (Å²) < 4.78 is 5.21. The Morgan fingerprint density at radius 3 is 2.88 bits per heavy atom. The van der Waals surface area contributed by atoms with E-state index in [4.69, 9.17) is 27.9 Å². The van der Waals surface area contributed by atoms with Crippen LogP contribution in [0.4, 0.5) is 0 Å². The number of ether oxygens (including phenoxy) is 1. The van der Waals surface area contributed by atoms with Crippen LogP contribution in [-0.2, 0) is 16.0 Å². The lowest BCUT2D eigenvalue weighted by Crippen LogP contribution is -1.99. The third-order valence-corrected chi connectivity index (χ3v) is 2.67. The van der Waals surface area contributed by atoms with Gasteiger partial charge in [0.2, 0.25) is 0 Å². The molecule has 86 valence electrons. The molecule has 0 saturated heterocycles. The van der Waals surface area contributed by atoms with Crippen molar-refractivity contribution in [1.82, 2.24) is 4.98 Å². The van der Waals surface area contributed by atoms with Crippen molar-refractivity contribution in [3.63, 3.8) is 0 Å². The van der Waals surface area contributed by atoms with Crippen molar-refractivity contribution in [2.75, 3.05) is 6.61 Å². The molecule has 1 aromatic rings. The molecule has 0 amide bonds. The first-order chi connectivity index (χ1) is 7.61. The van der Waals surface area contributed by atoms with E-state index in [1.807, 2.05) is 6.92 Å². The van der Waals surface area contributed by atoms with Gasteiger partial charge in [0.05, 0.1) is 16.7 Å². The Balaban J connectivity index is 3.17. The summed E-state index contributed by atoms with van der Waals surface area (Å²) in [4.78, 5) is 14.5. The molecule has 5 heteroatoms. The van der Waals surface area contributed by atoms with Gasteiger partial charge in [-0.2, -0.15) is 0 Å². The second-order valence-electron chi connectivity index (χ2n) is 2.97. The summed E-state index contributed by atoms with van der Waals surface area (Å²) in [6, 6.07) is 0. The van der Waals surface area contributed by atoms with E-state index in [0.29, 0.717) is 33.7 Å². The Bertz CT molecular complexity index is 419. The third kappa shape index (κ3) is 2.74. The SMILES string of the molecule is C=C(OCC)c1ncc(Cl)c(CC=O)c1Cl. The molecule has 0 aliphatic heterocycles. The van der Waals surface area contributed by atoms with Crippen molar-refractivity contribution in [2.24, 2.45) is 0 Å². The first-order valence-electron chi connectivity index (χ1n) is 4.70. The Labute approximate surface area is 104 Å². The lowest BCUT2D eigenvalue weighted by Gasteiger charge is -2.11. The molecule has 1 rings (SSSR count). The van der Waals surface area contributed by atoms with Crippen LogP contribution in [0.15, 0.2) is 12.8 Å². The van der Waals surface area contributed by atoms with Gasteiger partial charge in [0, 0.05) is 18.2 Å². The highest BCUT2D eigenvalue weighted by molar-refractivity contribution is 6.36.